The first kappa shape index (κ1) is 23.9. The van der Waals surface area contributed by atoms with Crippen molar-refractivity contribution >= 4 is 11.1 Å². The van der Waals surface area contributed by atoms with Gasteiger partial charge in [-0.25, -0.2) is 4.98 Å². The Morgan fingerprint density at radius 3 is 2.63 bits per heavy atom. The molecule has 0 unspecified atom stereocenters. The Bertz CT molecular complexity index is 1030. The lowest BCUT2D eigenvalue weighted by atomic mass is 9.43. The highest BCUT2D eigenvalue weighted by Crippen LogP contribution is 2.68. The fourth-order valence-corrected chi connectivity index (χ4v) is 9.71. The molecule has 4 saturated carbocycles. The van der Waals surface area contributed by atoms with Crippen LogP contribution in [0.1, 0.15) is 78.0 Å². The number of hydrogen-bond donors (Lipinski definition) is 3. The van der Waals surface area contributed by atoms with E-state index in [4.69, 9.17) is 4.42 Å². The van der Waals surface area contributed by atoms with Crippen molar-refractivity contribution in [1.82, 2.24) is 4.98 Å². The number of oxazole rings is 1. The lowest BCUT2D eigenvalue weighted by Crippen LogP contribution is -2.62. The fraction of sp³-hybridized carbons (Fsp3) is 0.767. The van der Waals surface area contributed by atoms with E-state index in [2.05, 4.69) is 25.8 Å². The minimum absolute atomic E-state index is 0.127. The molecule has 0 saturated heterocycles. The van der Waals surface area contributed by atoms with E-state index >= 15 is 0 Å². The van der Waals surface area contributed by atoms with Gasteiger partial charge < -0.3 is 19.7 Å². The van der Waals surface area contributed by atoms with Crippen LogP contribution >= 0.6 is 0 Å². The van der Waals surface area contributed by atoms with Crippen LogP contribution in [-0.4, -0.2) is 38.6 Å². The van der Waals surface area contributed by atoms with E-state index in [0.717, 1.165) is 74.8 Å². The molecule has 0 bridgehead atoms. The second-order valence-corrected chi connectivity index (χ2v) is 13.1. The summed E-state index contributed by atoms with van der Waals surface area (Å²) in [5.41, 5.74) is 1.75. The Labute approximate surface area is 209 Å². The summed E-state index contributed by atoms with van der Waals surface area (Å²) in [5, 5.41) is 33.5. The summed E-state index contributed by atoms with van der Waals surface area (Å²) in [6.07, 6.45) is 7.49. The minimum Gasteiger partial charge on any atom is -0.441 e. The van der Waals surface area contributed by atoms with Gasteiger partial charge in [-0.05, 0) is 110 Å². The number of aryl methyl sites for hydroxylation is 1. The van der Waals surface area contributed by atoms with Crippen LogP contribution in [0.15, 0.2) is 28.7 Å². The quantitative estimate of drug-likeness (QED) is 0.547. The predicted octanol–water partition coefficient (Wildman–Crippen LogP) is 5.36. The highest BCUT2D eigenvalue weighted by Gasteiger charge is 2.65. The van der Waals surface area contributed by atoms with E-state index < -0.39 is 0 Å². The zero-order valence-electron chi connectivity index (χ0n) is 21.6. The van der Waals surface area contributed by atoms with Crippen molar-refractivity contribution in [1.29, 1.82) is 0 Å². The third kappa shape index (κ3) is 3.63. The number of rotatable bonds is 4. The van der Waals surface area contributed by atoms with Crippen molar-refractivity contribution in [2.45, 2.75) is 96.9 Å². The largest absolute Gasteiger partial charge is 0.441 e. The number of fused-ring (bicyclic) bond motifs is 6. The van der Waals surface area contributed by atoms with Gasteiger partial charge in [0.05, 0.1) is 18.3 Å². The minimum atomic E-state index is -0.331. The van der Waals surface area contributed by atoms with Gasteiger partial charge in [0.15, 0.2) is 11.5 Å². The van der Waals surface area contributed by atoms with Crippen LogP contribution < -0.4 is 0 Å². The SMILES string of the molecule is C[C@H](CCc1nc2ccccc2o1)[C@H]1CC[C@H]2[C@@H]3[C@H](O)C[C@@H]4C[C@H](O)CC[C@]4(C)[C@H]3C[C@H](O)[C@]12C. The van der Waals surface area contributed by atoms with Crippen molar-refractivity contribution < 1.29 is 19.7 Å². The summed E-state index contributed by atoms with van der Waals surface area (Å²) in [6.45, 7) is 7.08. The van der Waals surface area contributed by atoms with Crippen LogP contribution in [0.5, 0.6) is 0 Å². The highest BCUT2D eigenvalue weighted by molar-refractivity contribution is 5.72. The van der Waals surface area contributed by atoms with E-state index in [1.807, 2.05) is 24.3 Å². The van der Waals surface area contributed by atoms with Gasteiger partial charge in [0, 0.05) is 6.42 Å². The molecule has 35 heavy (non-hydrogen) atoms. The maximum absolute atomic E-state index is 11.8. The van der Waals surface area contributed by atoms with Gasteiger partial charge in [0.25, 0.3) is 0 Å². The summed E-state index contributed by atoms with van der Waals surface area (Å²) >= 11 is 0. The molecule has 6 rings (SSSR count). The highest BCUT2D eigenvalue weighted by atomic mass is 16.3. The summed E-state index contributed by atoms with van der Waals surface area (Å²) in [5.74, 6) is 3.07. The Morgan fingerprint density at radius 1 is 1.03 bits per heavy atom. The molecule has 5 heteroatoms. The number of para-hydroxylation sites is 2. The Hall–Kier alpha value is -1.43. The topological polar surface area (TPSA) is 86.7 Å². The molecule has 0 amide bonds. The molecule has 1 aromatic heterocycles. The van der Waals surface area contributed by atoms with Gasteiger partial charge in [-0.15, -0.1) is 0 Å². The summed E-state index contributed by atoms with van der Waals surface area (Å²) < 4.78 is 5.98. The fourth-order valence-electron chi connectivity index (χ4n) is 9.71. The summed E-state index contributed by atoms with van der Waals surface area (Å²) in [7, 11) is 0. The molecular formula is C30H43NO4. The number of benzene rings is 1. The van der Waals surface area contributed by atoms with Crippen molar-refractivity contribution in [2.75, 3.05) is 0 Å². The molecule has 2 aromatic rings. The van der Waals surface area contributed by atoms with Crippen LogP contribution in [0.2, 0.25) is 0 Å². The van der Waals surface area contributed by atoms with Gasteiger partial charge in [0.2, 0.25) is 0 Å². The lowest BCUT2D eigenvalue weighted by molar-refractivity contribution is -0.207. The van der Waals surface area contributed by atoms with E-state index in [0.29, 0.717) is 29.6 Å². The maximum atomic E-state index is 11.8. The van der Waals surface area contributed by atoms with Gasteiger partial charge in [-0.2, -0.15) is 0 Å². The van der Waals surface area contributed by atoms with Crippen molar-refractivity contribution in [2.24, 2.45) is 46.3 Å². The molecule has 0 aliphatic heterocycles. The molecule has 1 aromatic carbocycles. The van der Waals surface area contributed by atoms with Gasteiger partial charge in [-0.3, -0.25) is 0 Å². The molecule has 3 N–H and O–H groups in total. The van der Waals surface area contributed by atoms with Crippen molar-refractivity contribution in [3.63, 3.8) is 0 Å². The molecule has 1 heterocycles. The predicted molar refractivity (Wildman–Crippen MR) is 135 cm³/mol. The molecule has 0 radical (unpaired) electrons. The second-order valence-electron chi connectivity index (χ2n) is 13.1. The molecule has 192 valence electrons. The third-order valence-electron chi connectivity index (χ3n) is 11.7. The second kappa shape index (κ2) is 8.56. The third-order valence-corrected chi connectivity index (χ3v) is 11.7. The number of aromatic nitrogens is 1. The standard InChI is InChI=1S/C30H43NO4/c1-17(8-11-27-31-23-6-4-5-7-25(23)35-27)20-9-10-21-28-22(16-26(34)30(20,21)3)29(2)13-12-19(32)14-18(29)15-24(28)33/h4-7,17-22,24,26,28,32-34H,8-16H2,1-3H3/t17-,18+,19-,20-,21+,22+,24-,26+,28+,29+,30-/m1/s1. The molecule has 0 spiro atoms. The average Bonchev–Trinajstić information content (AvgIpc) is 3.41. The zero-order chi connectivity index (χ0) is 24.5. The zero-order valence-corrected chi connectivity index (χ0v) is 21.6. The monoisotopic (exact) mass is 481 g/mol. The van der Waals surface area contributed by atoms with Crippen molar-refractivity contribution in [3.8, 4) is 0 Å². The van der Waals surface area contributed by atoms with Crippen LogP contribution in [-0.2, 0) is 6.42 Å². The van der Waals surface area contributed by atoms with E-state index in [-0.39, 0.29) is 35.1 Å². The number of aliphatic hydroxyl groups excluding tert-OH is 3. The molecule has 4 fully saturated rings. The lowest BCUT2D eigenvalue weighted by Gasteiger charge is -2.63. The Kier molecular flexibility index (Phi) is 5.86. The Morgan fingerprint density at radius 2 is 1.83 bits per heavy atom. The first-order valence-electron chi connectivity index (χ1n) is 14.1. The first-order valence-corrected chi connectivity index (χ1v) is 14.1. The van der Waals surface area contributed by atoms with Crippen molar-refractivity contribution in [3.05, 3.63) is 30.2 Å². The maximum Gasteiger partial charge on any atom is 0.195 e. The molecule has 5 nitrogen and oxygen atoms in total. The van der Waals surface area contributed by atoms with Gasteiger partial charge in [-0.1, -0.05) is 32.9 Å². The molecular weight excluding hydrogens is 438 g/mol. The van der Waals surface area contributed by atoms with E-state index in [1.54, 1.807) is 0 Å². The smallest absolute Gasteiger partial charge is 0.195 e. The van der Waals surface area contributed by atoms with Crippen LogP contribution in [0.3, 0.4) is 0 Å². The normalized spacial score (nSPS) is 46.1. The van der Waals surface area contributed by atoms with Crippen LogP contribution in [0.25, 0.3) is 11.1 Å². The number of nitrogens with zero attached hydrogens (tertiary/aromatic N) is 1. The molecule has 11 atom stereocenters. The summed E-state index contributed by atoms with van der Waals surface area (Å²) in [6, 6.07) is 7.94. The van der Waals surface area contributed by atoms with E-state index in [9.17, 15) is 15.3 Å². The average molecular weight is 482 g/mol. The van der Waals surface area contributed by atoms with E-state index in [1.165, 1.54) is 0 Å². The van der Waals surface area contributed by atoms with Gasteiger partial charge >= 0.3 is 0 Å². The molecule has 4 aliphatic rings. The van der Waals surface area contributed by atoms with Gasteiger partial charge in [0.1, 0.15) is 5.52 Å². The molecule has 4 aliphatic carbocycles. The first-order chi connectivity index (χ1) is 16.7. The van der Waals surface area contributed by atoms with Crippen LogP contribution in [0, 0.1) is 46.3 Å². The number of hydrogen-bond acceptors (Lipinski definition) is 5. The Balaban J connectivity index is 1.21. The summed E-state index contributed by atoms with van der Waals surface area (Å²) in [4.78, 5) is 4.67. The van der Waals surface area contributed by atoms with Crippen LogP contribution in [0.4, 0.5) is 0 Å². The number of aliphatic hydroxyl groups is 3.